The number of halogens is 1. The van der Waals surface area contributed by atoms with Crippen LogP contribution in [-0.4, -0.2) is 5.91 Å². The number of fused-ring (bicyclic) bond motifs is 1. The van der Waals surface area contributed by atoms with Crippen LogP contribution in [0.15, 0.2) is 35.7 Å². The quantitative estimate of drug-likeness (QED) is 0.822. The van der Waals surface area contributed by atoms with E-state index in [0.29, 0.717) is 12.0 Å². The van der Waals surface area contributed by atoms with Crippen molar-refractivity contribution in [2.24, 2.45) is 0 Å². The Kier molecular flexibility index (Phi) is 2.44. The Bertz CT molecular complexity index is 578. The van der Waals surface area contributed by atoms with Crippen molar-refractivity contribution in [3.63, 3.8) is 0 Å². The number of amides is 1. The highest BCUT2D eigenvalue weighted by Gasteiger charge is 2.29. The average molecular weight is 247 g/mol. The molecule has 17 heavy (non-hydrogen) atoms. The molecule has 0 bridgehead atoms. The molecule has 0 saturated heterocycles. The summed E-state index contributed by atoms with van der Waals surface area (Å²) in [7, 11) is 0. The van der Waals surface area contributed by atoms with Crippen molar-refractivity contribution in [2.75, 3.05) is 5.32 Å². The topological polar surface area (TPSA) is 29.1 Å². The third-order valence-electron chi connectivity index (χ3n) is 2.96. The number of anilines is 1. The lowest BCUT2D eigenvalue weighted by Crippen LogP contribution is -2.22. The highest BCUT2D eigenvalue weighted by molar-refractivity contribution is 7.10. The van der Waals surface area contributed by atoms with E-state index < -0.39 is 0 Å². The molecule has 1 aromatic heterocycles. The molecule has 0 aliphatic carbocycles. The van der Waals surface area contributed by atoms with Gasteiger partial charge in [-0.25, -0.2) is 4.39 Å². The van der Waals surface area contributed by atoms with Crippen molar-refractivity contribution in [2.45, 2.75) is 12.3 Å². The molecule has 0 spiro atoms. The number of thiophene rings is 1. The van der Waals surface area contributed by atoms with Gasteiger partial charge in [-0.2, -0.15) is 0 Å². The molecule has 0 fully saturated rings. The highest BCUT2D eigenvalue weighted by Crippen LogP contribution is 2.41. The Morgan fingerprint density at radius 3 is 2.94 bits per heavy atom. The Balaban J connectivity index is 2.11. The molecule has 1 aromatic carbocycles. The first-order valence-corrected chi connectivity index (χ1v) is 6.25. The van der Waals surface area contributed by atoms with Crippen molar-refractivity contribution in [3.05, 3.63) is 52.0 Å². The Morgan fingerprint density at radius 1 is 1.29 bits per heavy atom. The molecule has 1 unspecified atom stereocenters. The van der Waals surface area contributed by atoms with E-state index in [9.17, 15) is 9.18 Å². The zero-order chi connectivity index (χ0) is 11.8. The molecule has 86 valence electrons. The van der Waals surface area contributed by atoms with Gasteiger partial charge in [0.05, 0.1) is 5.69 Å². The second-order valence-electron chi connectivity index (χ2n) is 4.02. The first kappa shape index (κ1) is 10.5. The van der Waals surface area contributed by atoms with Gasteiger partial charge in [-0.05, 0) is 23.1 Å². The van der Waals surface area contributed by atoms with E-state index in [0.717, 1.165) is 10.6 Å². The van der Waals surface area contributed by atoms with Crippen LogP contribution in [0.25, 0.3) is 0 Å². The summed E-state index contributed by atoms with van der Waals surface area (Å²) in [4.78, 5) is 12.6. The molecule has 0 saturated carbocycles. The molecule has 2 heterocycles. The number of rotatable bonds is 1. The van der Waals surface area contributed by atoms with Crippen LogP contribution in [0.2, 0.25) is 0 Å². The molecular formula is C13H10FNOS. The monoisotopic (exact) mass is 247 g/mol. The normalized spacial score (nSPS) is 18.6. The minimum atomic E-state index is -0.244. The summed E-state index contributed by atoms with van der Waals surface area (Å²) in [6.07, 6.45) is 0.314. The second kappa shape index (κ2) is 3.96. The molecule has 1 aliphatic heterocycles. The molecule has 1 atom stereocenters. The maximum absolute atomic E-state index is 13.8. The minimum Gasteiger partial charge on any atom is -0.325 e. The average Bonchev–Trinajstić information content (AvgIpc) is 2.76. The number of carbonyl (C=O) groups is 1. The Hall–Kier alpha value is -1.68. The second-order valence-corrected chi connectivity index (χ2v) is 4.97. The fraction of sp³-hybridized carbons (Fsp3) is 0.154. The van der Waals surface area contributed by atoms with Gasteiger partial charge in [-0.3, -0.25) is 4.79 Å². The maximum atomic E-state index is 13.8. The predicted molar refractivity (Wildman–Crippen MR) is 65.8 cm³/mol. The van der Waals surface area contributed by atoms with Gasteiger partial charge < -0.3 is 5.32 Å². The van der Waals surface area contributed by atoms with E-state index in [2.05, 4.69) is 5.32 Å². The lowest BCUT2D eigenvalue weighted by Gasteiger charge is -2.23. The molecule has 0 radical (unpaired) electrons. The standard InChI is InChI=1S/C13H10FNOS/c14-10-4-2-1-3-8(10)9-7-12(16)15-11-5-6-17-13(9)11/h1-6,9H,7H2,(H,15,16). The van der Waals surface area contributed by atoms with Gasteiger partial charge in [0.1, 0.15) is 5.82 Å². The number of carbonyl (C=O) groups excluding carboxylic acids is 1. The summed E-state index contributed by atoms with van der Waals surface area (Å²) in [6, 6.07) is 8.53. The molecule has 2 aromatic rings. The summed E-state index contributed by atoms with van der Waals surface area (Å²) in [5, 5.41) is 4.73. The van der Waals surface area contributed by atoms with E-state index in [1.54, 1.807) is 29.5 Å². The van der Waals surface area contributed by atoms with Crippen LogP contribution >= 0.6 is 11.3 Å². The van der Waals surface area contributed by atoms with Crippen molar-refractivity contribution in [3.8, 4) is 0 Å². The SMILES string of the molecule is O=C1CC(c2ccccc2F)c2sccc2N1. The van der Waals surface area contributed by atoms with Crippen LogP contribution in [0.1, 0.15) is 22.8 Å². The van der Waals surface area contributed by atoms with Gasteiger partial charge in [0, 0.05) is 17.2 Å². The zero-order valence-electron chi connectivity index (χ0n) is 8.94. The zero-order valence-corrected chi connectivity index (χ0v) is 9.76. The first-order chi connectivity index (χ1) is 8.25. The third-order valence-corrected chi connectivity index (χ3v) is 3.99. The van der Waals surface area contributed by atoms with Crippen LogP contribution in [0, 0.1) is 5.82 Å². The van der Waals surface area contributed by atoms with Crippen molar-refractivity contribution in [1.82, 2.24) is 0 Å². The van der Waals surface area contributed by atoms with E-state index in [1.807, 2.05) is 11.4 Å². The molecular weight excluding hydrogens is 237 g/mol. The molecule has 1 amide bonds. The molecule has 1 N–H and O–H groups in total. The third kappa shape index (κ3) is 1.74. The fourth-order valence-corrected chi connectivity index (χ4v) is 3.15. The lowest BCUT2D eigenvalue weighted by molar-refractivity contribution is -0.116. The molecule has 3 rings (SSSR count). The number of nitrogens with one attached hydrogen (secondary N) is 1. The van der Waals surface area contributed by atoms with Gasteiger partial charge in [-0.15, -0.1) is 11.3 Å². The summed E-state index contributed by atoms with van der Waals surface area (Å²) < 4.78 is 13.8. The molecule has 4 heteroatoms. The van der Waals surface area contributed by atoms with Crippen LogP contribution in [0.3, 0.4) is 0 Å². The first-order valence-electron chi connectivity index (χ1n) is 5.37. The van der Waals surface area contributed by atoms with Gasteiger partial charge in [0.25, 0.3) is 0 Å². The van der Waals surface area contributed by atoms with Gasteiger partial charge in [-0.1, -0.05) is 18.2 Å². The van der Waals surface area contributed by atoms with Gasteiger partial charge in [0.2, 0.25) is 5.91 Å². The smallest absolute Gasteiger partial charge is 0.225 e. The summed E-state index contributed by atoms with van der Waals surface area (Å²) in [5.41, 5.74) is 1.42. The van der Waals surface area contributed by atoms with Crippen LogP contribution in [0.5, 0.6) is 0 Å². The number of benzene rings is 1. The van der Waals surface area contributed by atoms with E-state index >= 15 is 0 Å². The fourth-order valence-electron chi connectivity index (χ4n) is 2.18. The highest BCUT2D eigenvalue weighted by atomic mass is 32.1. The number of hydrogen-bond acceptors (Lipinski definition) is 2. The lowest BCUT2D eigenvalue weighted by atomic mass is 9.90. The van der Waals surface area contributed by atoms with Crippen LogP contribution < -0.4 is 5.32 Å². The summed E-state index contributed by atoms with van der Waals surface area (Å²) in [5.74, 6) is -0.448. The summed E-state index contributed by atoms with van der Waals surface area (Å²) >= 11 is 1.56. The molecule has 2 nitrogen and oxygen atoms in total. The van der Waals surface area contributed by atoms with Crippen molar-refractivity contribution >= 4 is 22.9 Å². The van der Waals surface area contributed by atoms with E-state index in [-0.39, 0.29) is 17.6 Å². The van der Waals surface area contributed by atoms with Crippen molar-refractivity contribution < 1.29 is 9.18 Å². The van der Waals surface area contributed by atoms with Crippen LogP contribution in [0.4, 0.5) is 10.1 Å². The summed E-state index contributed by atoms with van der Waals surface area (Å²) in [6.45, 7) is 0. The van der Waals surface area contributed by atoms with E-state index in [4.69, 9.17) is 0 Å². The largest absolute Gasteiger partial charge is 0.325 e. The molecule has 1 aliphatic rings. The Morgan fingerprint density at radius 2 is 2.12 bits per heavy atom. The van der Waals surface area contributed by atoms with Crippen molar-refractivity contribution in [1.29, 1.82) is 0 Å². The van der Waals surface area contributed by atoms with Crippen LogP contribution in [-0.2, 0) is 4.79 Å². The Labute approximate surface area is 102 Å². The van der Waals surface area contributed by atoms with E-state index in [1.165, 1.54) is 6.07 Å². The van der Waals surface area contributed by atoms with Gasteiger partial charge in [0.15, 0.2) is 0 Å². The van der Waals surface area contributed by atoms with Gasteiger partial charge >= 0.3 is 0 Å². The number of hydrogen-bond donors (Lipinski definition) is 1. The maximum Gasteiger partial charge on any atom is 0.225 e. The minimum absolute atomic E-state index is 0.0517. The predicted octanol–water partition coefficient (Wildman–Crippen LogP) is 3.36.